The Labute approximate surface area is 126 Å². The molecule has 0 radical (unpaired) electrons. The van der Waals surface area contributed by atoms with E-state index in [4.69, 9.17) is 10.5 Å². The third-order valence-corrected chi connectivity index (χ3v) is 3.86. The van der Waals surface area contributed by atoms with Crippen LogP contribution in [0.3, 0.4) is 0 Å². The van der Waals surface area contributed by atoms with Crippen LogP contribution in [0.25, 0.3) is 11.1 Å². The first-order chi connectivity index (χ1) is 10.5. The van der Waals surface area contributed by atoms with E-state index in [0.717, 1.165) is 42.0 Å². The normalized spacial score (nSPS) is 16.9. The Kier molecular flexibility index (Phi) is 3.79. The number of rotatable bonds is 2. The highest BCUT2D eigenvalue weighted by molar-refractivity contribution is 5.67. The molecule has 3 nitrogen and oxygen atoms in total. The van der Waals surface area contributed by atoms with E-state index in [2.05, 4.69) is 0 Å². The second-order valence-corrected chi connectivity index (χ2v) is 5.39. The number of primary amides is 1. The van der Waals surface area contributed by atoms with E-state index >= 15 is 0 Å². The molecule has 0 fully saturated rings. The molecule has 22 heavy (non-hydrogen) atoms. The molecule has 2 N–H and O–H groups in total. The van der Waals surface area contributed by atoms with E-state index in [1.807, 2.05) is 12.1 Å². The lowest BCUT2D eigenvalue weighted by Gasteiger charge is -2.25. The molecule has 0 aromatic heterocycles. The van der Waals surface area contributed by atoms with Gasteiger partial charge in [0.15, 0.2) is 0 Å². The number of amides is 1. The van der Waals surface area contributed by atoms with Crippen LogP contribution in [0.15, 0.2) is 36.4 Å². The summed E-state index contributed by atoms with van der Waals surface area (Å²) in [5, 5.41) is 0. The van der Waals surface area contributed by atoms with Crippen LogP contribution in [0.4, 0.5) is 13.6 Å². The Morgan fingerprint density at radius 2 is 1.82 bits per heavy atom. The molecule has 5 heteroatoms. The molecular formula is C17H15F2NO2. The van der Waals surface area contributed by atoms with Crippen LogP contribution < -0.4 is 5.73 Å². The predicted molar refractivity (Wildman–Crippen MR) is 78.1 cm³/mol. The van der Waals surface area contributed by atoms with Gasteiger partial charge in [0.25, 0.3) is 0 Å². The first-order valence-corrected chi connectivity index (χ1v) is 7.08. The Morgan fingerprint density at radius 1 is 1.09 bits per heavy atom. The topological polar surface area (TPSA) is 52.3 Å². The summed E-state index contributed by atoms with van der Waals surface area (Å²) in [6.45, 7) is 0. The first kappa shape index (κ1) is 14.5. The van der Waals surface area contributed by atoms with E-state index in [-0.39, 0.29) is 6.10 Å². The first-order valence-electron chi connectivity index (χ1n) is 7.08. The fraction of sp³-hybridized carbons (Fsp3) is 0.235. The third kappa shape index (κ3) is 2.93. The fourth-order valence-corrected chi connectivity index (χ4v) is 2.93. The van der Waals surface area contributed by atoms with Crippen molar-refractivity contribution in [2.24, 2.45) is 5.73 Å². The standard InChI is InChI=1S/C17H15F2NO2/c18-13-7-12(8-14(19)9-13)10-4-5-15-11(6-10)2-1-3-16(15)22-17(20)21/h4-9,16H,1-3H2,(H2,20,21). The number of carbonyl (C=O) groups excluding carboxylic acids is 1. The predicted octanol–water partition coefficient (Wildman–Crippen LogP) is 4.10. The van der Waals surface area contributed by atoms with Crippen LogP contribution in [0.5, 0.6) is 0 Å². The van der Waals surface area contributed by atoms with Gasteiger partial charge >= 0.3 is 6.09 Å². The number of halogens is 2. The summed E-state index contributed by atoms with van der Waals surface area (Å²) >= 11 is 0. The molecule has 2 aromatic rings. The van der Waals surface area contributed by atoms with E-state index in [9.17, 15) is 13.6 Å². The number of hydrogen-bond donors (Lipinski definition) is 1. The summed E-state index contributed by atoms with van der Waals surface area (Å²) in [6, 6.07) is 8.94. The van der Waals surface area contributed by atoms with Gasteiger partial charge in [-0.1, -0.05) is 18.2 Å². The van der Waals surface area contributed by atoms with E-state index < -0.39 is 17.7 Å². The minimum absolute atomic E-state index is 0.348. The van der Waals surface area contributed by atoms with Crippen molar-refractivity contribution in [3.05, 3.63) is 59.2 Å². The molecule has 0 saturated carbocycles. The number of carbonyl (C=O) groups is 1. The lowest BCUT2D eigenvalue weighted by atomic mass is 9.87. The van der Waals surface area contributed by atoms with Crippen molar-refractivity contribution in [1.29, 1.82) is 0 Å². The molecule has 0 saturated heterocycles. The van der Waals surface area contributed by atoms with Crippen molar-refractivity contribution >= 4 is 6.09 Å². The van der Waals surface area contributed by atoms with E-state index in [0.29, 0.717) is 5.56 Å². The van der Waals surface area contributed by atoms with Gasteiger partial charge in [-0.05, 0) is 53.6 Å². The zero-order valence-electron chi connectivity index (χ0n) is 11.8. The zero-order chi connectivity index (χ0) is 15.7. The minimum atomic E-state index is -0.797. The quantitative estimate of drug-likeness (QED) is 0.908. The fourth-order valence-electron chi connectivity index (χ4n) is 2.93. The van der Waals surface area contributed by atoms with Crippen LogP contribution in [0.2, 0.25) is 0 Å². The Balaban J connectivity index is 1.98. The van der Waals surface area contributed by atoms with Gasteiger partial charge in [-0.25, -0.2) is 13.6 Å². The number of ether oxygens (including phenoxy) is 1. The van der Waals surface area contributed by atoms with E-state index in [1.165, 1.54) is 12.1 Å². The highest BCUT2D eigenvalue weighted by atomic mass is 19.1. The monoisotopic (exact) mass is 303 g/mol. The molecule has 1 unspecified atom stereocenters. The molecule has 1 atom stereocenters. The molecule has 1 amide bonds. The maximum Gasteiger partial charge on any atom is 0.405 e. The van der Waals surface area contributed by atoms with Crippen molar-refractivity contribution in [2.45, 2.75) is 25.4 Å². The number of fused-ring (bicyclic) bond motifs is 1. The lowest BCUT2D eigenvalue weighted by Crippen LogP contribution is -2.20. The molecule has 0 aliphatic heterocycles. The van der Waals surface area contributed by atoms with Crippen LogP contribution in [0.1, 0.15) is 30.1 Å². The smallest absolute Gasteiger partial charge is 0.405 e. The summed E-state index contributed by atoms with van der Waals surface area (Å²) in [7, 11) is 0. The highest BCUT2D eigenvalue weighted by Crippen LogP contribution is 2.35. The average Bonchev–Trinajstić information content (AvgIpc) is 2.45. The number of nitrogens with two attached hydrogens (primary N) is 1. The molecule has 114 valence electrons. The van der Waals surface area contributed by atoms with Crippen LogP contribution in [-0.2, 0) is 11.2 Å². The van der Waals surface area contributed by atoms with Crippen molar-refractivity contribution < 1.29 is 18.3 Å². The molecule has 2 aromatic carbocycles. The molecular weight excluding hydrogens is 288 g/mol. The largest absolute Gasteiger partial charge is 0.442 e. The summed E-state index contributed by atoms with van der Waals surface area (Å²) in [4.78, 5) is 11.0. The Morgan fingerprint density at radius 3 is 2.50 bits per heavy atom. The van der Waals surface area contributed by atoms with Crippen molar-refractivity contribution in [2.75, 3.05) is 0 Å². The number of benzene rings is 2. The van der Waals surface area contributed by atoms with Crippen LogP contribution in [0, 0.1) is 11.6 Å². The summed E-state index contributed by atoms with van der Waals surface area (Å²) < 4.78 is 31.8. The molecule has 0 heterocycles. The summed E-state index contributed by atoms with van der Waals surface area (Å²) in [6.07, 6.45) is 1.28. The van der Waals surface area contributed by atoms with Crippen molar-refractivity contribution in [3.8, 4) is 11.1 Å². The highest BCUT2D eigenvalue weighted by Gasteiger charge is 2.23. The number of hydrogen-bond acceptors (Lipinski definition) is 2. The second-order valence-electron chi connectivity index (χ2n) is 5.39. The molecule has 0 spiro atoms. The average molecular weight is 303 g/mol. The zero-order valence-corrected chi connectivity index (χ0v) is 11.8. The molecule has 0 bridgehead atoms. The SMILES string of the molecule is NC(=O)OC1CCCc2cc(-c3cc(F)cc(F)c3)ccc21. The van der Waals surface area contributed by atoms with Crippen LogP contribution in [-0.4, -0.2) is 6.09 Å². The maximum atomic E-state index is 13.3. The van der Waals surface area contributed by atoms with Gasteiger partial charge in [0.1, 0.15) is 17.7 Å². The van der Waals surface area contributed by atoms with Gasteiger partial charge in [-0.3, -0.25) is 0 Å². The van der Waals surface area contributed by atoms with Gasteiger partial charge in [0.2, 0.25) is 0 Å². The number of aryl methyl sites for hydroxylation is 1. The van der Waals surface area contributed by atoms with Gasteiger partial charge in [0.05, 0.1) is 0 Å². The molecule has 1 aliphatic carbocycles. The van der Waals surface area contributed by atoms with Gasteiger partial charge in [-0.2, -0.15) is 0 Å². The Hall–Kier alpha value is -2.43. The van der Waals surface area contributed by atoms with Gasteiger partial charge in [-0.15, -0.1) is 0 Å². The lowest BCUT2D eigenvalue weighted by molar-refractivity contribution is 0.0959. The van der Waals surface area contributed by atoms with Gasteiger partial charge in [0, 0.05) is 6.07 Å². The molecule has 3 rings (SSSR count). The van der Waals surface area contributed by atoms with Gasteiger partial charge < -0.3 is 10.5 Å². The van der Waals surface area contributed by atoms with Crippen LogP contribution >= 0.6 is 0 Å². The maximum absolute atomic E-state index is 13.3. The second kappa shape index (κ2) is 5.75. The van der Waals surface area contributed by atoms with Crippen molar-refractivity contribution in [3.63, 3.8) is 0 Å². The summed E-state index contributed by atoms with van der Waals surface area (Å²) in [5.74, 6) is -1.22. The Bertz CT molecular complexity index is 710. The molecule has 1 aliphatic rings. The third-order valence-electron chi connectivity index (χ3n) is 3.86. The minimum Gasteiger partial charge on any atom is -0.442 e. The van der Waals surface area contributed by atoms with Crippen molar-refractivity contribution in [1.82, 2.24) is 0 Å². The van der Waals surface area contributed by atoms with E-state index in [1.54, 1.807) is 6.07 Å². The summed E-state index contributed by atoms with van der Waals surface area (Å²) in [5.41, 5.74) is 8.23.